The highest BCUT2D eigenvalue weighted by Crippen LogP contribution is 2.39. The highest BCUT2D eigenvalue weighted by Gasteiger charge is 2.41. The third-order valence-electron chi connectivity index (χ3n) is 3.79. The van der Waals surface area contributed by atoms with Gasteiger partial charge in [-0.15, -0.1) is 0 Å². The van der Waals surface area contributed by atoms with Crippen LogP contribution in [-0.4, -0.2) is 20.2 Å². The van der Waals surface area contributed by atoms with E-state index in [4.69, 9.17) is 4.43 Å². The Bertz CT molecular complexity index is 329. The second-order valence-corrected chi connectivity index (χ2v) is 12.4. The summed E-state index contributed by atoms with van der Waals surface area (Å²) in [7, 11) is -1.90. The lowest BCUT2D eigenvalue weighted by atomic mass is 10.0. The molecule has 0 radical (unpaired) electrons. The standard InChI is InChI=1S/C14H27IO2Si/c1-9-12(15)10(2)13(11(3)16)17-18(7,8)14(4,5)6/h9-10,13H,1-8H3/b12-9+/t10-,13-/m0/s1. The molecular formula is C14H27IO2Si. The van der Waals surface area contributed by atoms with E-state index in [1.165, 1.54) is 3.58 Å². The molecule has 106 valence electrons. The lowest BCUT2D eigenvalue weighted by molar-refractivity contribution is -0.125. The molecule has 0 aliphatic carbocycles. The van der Waals surface area contributed by atoms with Crippen LogP contribution in [0, 0.1) is 5.92 Å². The van der Waals surface area contributed by atoms with Gasteiger partial charge in [0.05, 0.1) is 0 Å². The first kappa shape index (κ1) is 18.3. The molecule has 0 aromatic rings. The number of ketones is 1. The van der Waals surface area contributed by atoms with Gasteiger partial charge in [0.2, 0.25) is 0 Å². The number of Topliss-reactive ketones (excluding diaryl/α,β-unsaturated/α-hetero) is 1. The summed E-state index contributed by atoms with van der Waals surface area (Å²) in [6.07, 6.45) is 1.74. The molecule has 0 rings (SSSR count). The van der Waals surface area contributed by atoms with Crippen LogP contribution >= 0.6 is 22.6 Å². The summed E-state index contributed by atoms with van der Waals surface area (Å²) >= 11 is 2.30. The number of rotatable bonds is 5. The van der Waals surface area contributed by atoms with Gasteiger partial charge in [0.25, 0.3) is 0 Å². The van der Waals surface area contributed by atoms with Crippen molar-refractivity contribution in [3.63, 3.8) is 0 Å². The molecule has 0 aromatic carbocycles. The predicted octanol–water partition coefficient (Wildman–Crippen LogP) is 4.94. The molecule has 0 unspecified atom stereocenters. The molecule has 0 fully saturated rings. The molecule has 0 N–H and O–H groups in total. The maximum absolute atomic E-state index is 11.9. The number of halogens is 1. The van der Waals surface area contributed by atoms with Crippen molar-refractivity contribution >= 4 is 36.7 Å². The van der Waals surface area contributed by atoms with E-state index in [1.807, 2.05) is 6.92 Å². The molecule has 0 amide bonds. The van der Waals surface area contributed by atoms with Gasteiger partial charge in [0.15, 0.2) is 14.1 Å². The van der Waals surface area contributed by atoms with Crippen molar-refractivity contribution in [3.05, 3.63) is 9.66 Å². The summed E-state index contributed by atoms with van der Waals surface area (Å²) < 4.78 is 7.48. The Morgan fingerprint density at radius 1 is 1.33 bits per heavy atom. The lowest BCUT2D eigenvalue weighted by Gasteiger charge is -2.40. The van der Waals surface area contributed by atoms with E-state index >= 15 is 0 Å². The zero-order valence-corrected chi connectivity index (χ0v) is 16.1. The first-order chi connectivity index (χ1) is 7.94. The summed E-state index contributed by atoms with van der Waals surface area (Å²) in [5.74, 6) is 0.269. The van der Waals surface area contributed by atoms with Crippen molar-refractivity contribution in [2.75, 3.05) is 0 Å². The highest BCUT2D eigenvalue weighted by molar-refractivity contribution is 14.1. The second-order valence-electron chi connectivity index (χ2n) is 6.37. The highest BCUT2D eigenvalue weighted by atomic mass is 127. The topological polar surface area (TPSA) is 26.3 Å². The molecule has 18 heavy (non-hydrogen) atoms. The number of hydrogen-bond donors (Lipinski definition) is 0. The van der Waals surface area contributed by atoms with Crippen molar-refractivity contribution < 1.29 is 9.22 Å². The molecule has 0 saturated carbocycles. The summed E-state index contributed by atoms with van der Waals surface area (Å²) in [6.45, 7) is 16.7. The summed E-state index contributed by atoms with van der Waals surface area (Å²) in [4.78, 5) is 11.9. The van der Waals surface area contributed by atoms with Crippen molar-refractivity contribution in [2.24, 2.45) is 5.92 Å². The minimum atomic E-state index is -1.90. The Kier molecular flexibility index (Phi) is 6.77. The normalized spacial score (nSPS) is 17.5. The van der Waals surface area contributed by atoms with E-state index in [2.05, 4.69) is 69.5 Å². The third-order valence-corrected chi connectivity index (χ3v) is 9.85. The molecule has 0 heterocycles. The molecule has 4 heteroatoms. The number of hydrogen-bond acceptors (Lipinski definition) is 2. The van der Waals surface area contributed by atoms with Gasteiger partial charge < -0.3 is 4.43 Å². The van der Waals surface area contributed by atoms with E-state index in [9.17, 15) is 4.79 Å². The Hall–Kier alpha value is 0.317. The van der Waals surface area contributed by atoms with Gasteiger partial charge in [-0.1, -0.05) is 33.8 Å². The molecule has 2 atom stereocenters. The van der Waals surface area contributed by atoms with Crippen LogP contribution in [0.4, 0.5) is 0 Å². The zero-order chi connectivity index (χ0) is 14.7. The van der Waals surface area contributed by atoms with Crippen LogP contribution in [0.15, 0.2) is 9.66 Å². The third kappa shape index (κ3) is 4.77. The Labute approximate surface area is 127 Å². The fourth-order valence-corrected chi connectivity index (χ4v) is 3.12. The number of allylic oxidation sites excluding steroid dienone is 1. The summed E-state index contributed by atoms with van der Waals surface area (Å²) in [5, 5.41) is 0.127. The molecule has 0 saturated heterocycles. The Balaban J connectivity index is 5.14. The first-order valence-corrected chi connectivity index (χ1v) is 10.4. The van der Waals surface area contributed by atoms with Gasteiger partial charge in [-0.2, -0.15) is 0 Å². The summed E-state index contributed by atoms with van der Waals surface area (Å²) in [5.41, 5.74) is 0. The van der Waals surface area contributed by atoms with Gasteiger partial charge >= 0.3 is 0 Å². The largest absolute Gasteiger partial charge is 0.406 e. The average molecular weight is 382 g/mol. The van der Waals surface area contributed by atoms with Crippen LogP contribution in [-0.2, 0) is 9.22 Å². The van der Waals surface area contributed by atoms with Crippen LogP contribution in [0.1, 0.15) is 41.5 Å². The smallest absolute Gasteiger partial charge is 0.193 e. The van der Waals surface area contributed by atoms with Crippen molar-refractivity contribution in [3.8, 4) is 0 Å². The van der Waals surface area contributed by atoms with Crippen LogP contribution in [0.25, 0.3) is 0 Å². The monoisotopic (exact) mass is 382 g/mol. The minimum Gasteiger partial charge on any atom is -0.406 e. The van der Waals surface area contributed by atoms with E-state index in [1.54, 1.807) is 6.92 Å². The van der Waals surface area contributed by atoms with Crippen molar-refractivity contribution in [1.29, 1.82) is 0 Å². The minimum absolute atomic E-state index is 0.127. The molecule has 0 aromatic heterocycles. The van der Waals surface area contributed by atoms with Gasteiger partial charge in [-0.3, -0.25) is 4.79 Å². The Morgan fingerprint density at radius 3 is 2.06 bits per heavy atom. The fourth-order valence-electron chi connectivity index (χ4n) is 1.44. The Morgan fingerprint density at radius 2 is 1.78 bits per heavy atom. The van der Waals surface area contributed by atoms with Gasteiger partial charge in [0, 0.05) is 5.92 Å². The molecule has 0 bridgehead atoms. The first-order valence-electron chi connectivity index (χ1n) is 6.44. The maximum Gasteiger partial charge on any atom is 0.193 e. The molecule has 0 aliphatic rings. The zero-order valence-electron chi connectivity index (χ0n) is 12.9. The van der Waals surface area contributed by atoms with Crippen LogP contribution in [0.3, 0.4) is 0 Å². The van der Waals surface area contributed by atoms with Crippen LogP contribution in [0.2, 0.25) is 18.1 Å². The van der Waals surface area contributed by atoms with E-state index in [-0.39, 0.29) is 22.8 Å². The maximum atomic E-state index is 11.9. The second kappa shape index (κ2) is 6.66. The quantitative estimate of drug-likeness (QED) is 0.497. The molecule has 0 aliphatic heterocycles. The average Bonchev–Trinajstić information content (AvgIpc) is 2.21. The molecular weight excluding hydrogens is 355 g/mol. The SMILES string of the molecule is C/C=C(/I)[C@H](C)[C@H](O[Si](C)(C)C(C)(C)C)C(C)=O. The number of carbonyl (C=O) groups is 1. The van der Waals surface area contributed by atoms with E-state index in [0.717, 1.165) is 0 Å². The fraction of sp³-hybridized carbons (Fsp3) is 0.786. The molecule has 0 spiro atoms. The van der Waals surface area contributed by atoms with Crippen LogP contribution < -0.4 is 0 Å². The predicted molar refractivity (Wildman–Crippen MR) is 89.7 cm³/mol. The van der Waals surface area contributed by atoms with Crippen molar-refractivity contribution in [2.45, 2.75) is 65.8 Å². The van der Waals surface area contributed by atoms with Gasteiger partial charge in [-0.05, 0) is 58.2 Å². The summed E-state index contributed by atoms with van der Waals surface area (Å²) in [6, 6.07) is 0. The van der Waals surface area contributed by atoms with Gasteiger partial charge in [0.1, 0.15) is 6.10 Å². The number of carbonyl (C=O) groups excluding carboxylic acids is 1. The van der Waals surface area contributed by atoms with E-state index < -0.39 is 8.32 Å². The van der Waals surface area contributed by atoms with E-state index in [0.29, 0.717) is 0 Å². The van der Waals surface area contributed by atoms with Crippen molar-refractivity contribution in [1.82, 2.24) is 0 Å². The van der Waals surface area contributed by atoms with Gasteiger partial charge in [-0.25, -0.2) is 0 Å². The van der Waals surface area contributed by atoms with Crippen LogP contribution in [0.5, 0.6) is 0 Å². The lowest BCUT2D eigenvalue weighted by Crippen LogP contribution is -2.47. The molecule has 2 nitrogen and oxygen atoms in total.